The minimum atomic E-state index is -0.603. The maximum atomic E-state index is 14.2. The highest BCUT2D eigenvalue weighted by Crippen LogP contribution is 2.53. The van der Waals surface area contributed by atoms with Crippen LogP contribution in [0.1, 0.15) is 89.0 Å². The van der Waals surface area contributed by atoms with E-state index < -0.39 is 11.5 Å². The number of hydrogen-bond donors (Lipinski definition) is 4. The van der Waals surface area contributed by atoms with Gasteiger partial charge in [0, 0.05) is 12.0 Å². The van der Waals surface area contributed by atoms with Crippen LogP contribution in [0.4, 0.5) is 4.39 Å². The first-order chi connectivity index (χ1) is 20.6. The number of amides is 2. The Morgan fingerprint density at radius 3 is 2.26 bits per heavy atom. The molecule has 5 rings (SSSR count). The molecule has 1 unspecified atom stereocenters. The molecule has 2 aliphatic carbocycles. The van der Waals surface area contributed by atoms with Gasteiger partial charge in [-0.25, -0.2) is 15.8 Å². The fourth-order valence-electron chi connectivity index (χ4n) is 6.16. The smallest absolute Gasteiger partial charge is 0.275 e. The number of nitrogens with zero attached hydrogens (tertiary/aromatic N) is 3. The normalized spacial score (nSPS) is 22.3. The molecule has 2 saturated carbocycles. The molecule has 2 amide bonds. The van der Waals surface area contributed by atoms with Gasteiger partial charge in [-0.3, -0.25) is 14.6 Å². The average Bonchev–Trinajstić information content (AvgIpc) is 3.79. The van der Waals surface area contributed by atoms with Gasteiger partial charge in [0.2, 0.25) is 6.41 Å². The van der Waals surface area contributed by atoms with Gasteiger partial charge < -0.3 is 16.4 Å². The summed E-state index contributed by atoms with van der Waals surface area (Å²) in [6, 6.07) is 12.6. The van der Waals surface area contributed by atoms with Gasteiger partial charge in [-0.1, -0.05) is 63.6 Å². The van der Waals surface area contributed by atoms with Crippen LogP contribution in [-0.2, 0) is 16.0 Å². The van der Waals surface area contributed by atoms with E-state index >= 15 is 0 Å². The molecule has 1 atom stereocenters. The van der Waals surface area contributed by atoms with Crippen molar-refractivity contribution in [3.8, 4) is 0 Å². The highest BCUT2D eigenvalue weighted by atomic mass is 35.5. The number of primary amides is 1. The van der Waals surface area contributed by atoms with Gasteiger partial charge >= 0.3 is 0 Å². The lowest BCUT2D eigenvalue weighted by molar-refractivity contribution is -0.134. The molecule has 1 spiro atoms. The molecule has 2 aromatic rings. The monoisotopic (exact) mass is 613 g/mol. The van der Waals surface area contributed by atoms with Crippen LogP contribution in [0.2, 0.25) is 5.02 Å². The first-order valence-electron chi connectivity index (χ1n) is 15.0. The van der Waals surface area contributed by atoms with Crippen LogP contribution in [0.5, 0.6) is 0 Å². The Morgan fingerprint density at radius 2 is 1.74 bits per heavy atom. The van der Waals surface area contributed by atoms with Crippen molar-refractivity contribution in [1.29, 1.82) is 0 Å². The molecule has 2 aromatic carbocycles. The molecule has 11 heteroatoms. The Hall–Kier alpha value is -3.50. The maximum absolute atomic E-state index is 14.2. The second-order valence-electron chi connectivity index (χ2n) is 11.4. The zero-order valence-corrected chi connectivity index (χ0v) is 26.3. The zero-order chi connectivity index (χ0) is 31.7. The predicted octanol–water partition coefficient (Wildman–Crippen LogP) is 5.21. The summed E-state index contributed by atoms with van der Waals surface area (Å²) >= 11 is 6.11. The first kappa shape index (κ1) is 34.0. The number of rotatable bonds is 8. The molecule has 234 valence electrons. The molecule has 1 aliphatic heterocycles. The number of hydrazone groups is 1. The molecule has 3 aliphatic rings. The molecule has 9 nitrogen and oxygen atoms in total. The van der Waals surface area contributed by atoms with E-state index in [0.29, 0.717) is 41.3 Å². The van der Waals surface area contributed by atoms with Crippen molar-refractivity contribution in [2.75, 3.05) is 0 Å². The maximum Gasteiger partial charge on any atom is 0.275 e. The van der Waals surface area contributed by atoms with Gasteiger partial charge in [-0.2, -0.15) is 5.10 Å². The standard InChI is InChI=1S/C29H36ClFN6O.C2H6.CH3NO/c1-17(2)19-11-13-29(14-12-19)34-26(22-9-10-24(31)23(30)16-22)28(38)37(29)27(21-7-8-21)20-5-3-18(4-6-20)15-25(32)35-36-33;1-2;2-1-3/h3-6,9-10,16-17,19,21,27,36H,7-8,11-15,33H2,1-2H3,(H2,32,35);1-2H3;1H,(H2,2,3). The van der Waals surface area contributed by atoms with Crippen molar-refractivity contribution in [3.05, 3.63) is 70.0 Å². The Bertz CT molecular complexity index is 1300. The third-order valence-corrected chi connectivity index (χ3v) is 8.71. The Morgan fingerprint density at radius 1 is 1.14 bits per heavy atom. The van der Waals surface area contributed by atoms with E-state index in [1.165, 1.54) is 12.1 Å². The molecule has 0 aromatic heterocycles. The lowest BCUT2D eigenvalue weighted by Gasteiger charge is -2.46. The fraction of sp³-hybridized carbons (Fsp3) is 0.500. The third-order valence-electron chi connectivity index (χ3n) is 8.42. The summed E-state index contributed by atoms with van der Waals surface area (Å²) in [7, 11) is 0. The molecule has 0 bridgehead atoms. The quantitative estimate of drug-likeness (QED) is 0.106. The van der Waals surface area contributed by atoms with Gasteiger partial charge in [-0.05, 0) is 85.6 Å². The van der Waals surface area contributed by atoms with Crippen molar-refractivity contribution in [1.82, 2.24) is 10.4 Å². The lowest BCUT2D eigenvalue weighted by atomic mass is 9.76. The number of benzene rings is 2. The number of halogens is 2. The Kier molecular flexibility index (Phi) is 12.1. The molecule has 1 heterocycles. The number of carbonyl (C=O) groups excluding carboxylic acids is 2. The summed E-state index contributed by atoms with van der Waals surface area (Å²) < 4.78 is 14.0. The van der Waals surface area contributed by atoms with Gasteiger partial charge in [0.1, 0.15) is 23.0 Å². The van der Waals surface area contributed by atoms with E-state index in [1.54, 1.807) is 6.07 Å². The largest absolute Gasteiger partial charge is 0.385 e. The second kappa shape index (κ2) is 15.3. The number of hydrogen-bond acceptors (Lipinski definition) is 6. The van der Waals surface area contributed by atoms with E-state index in [9.17, 15) is 9.18 Å². The van der Waals surface area contributed by atoms with Gasteiger partial charge in [-0.15, -0.1) is 0 Å². The molecular formula is C32H45ClFN7O2. The van der Waals surface area contributed by atoms with Crippen LogP contribution in [-0.4, -0.2) is 34.4 Å². The topological polar surface area (TPSA) is 152 Å². The van der Waals surface area contributed by atoms with Gasteiger partial charge in [0.15, 0.2) is 0 Å². The van der Waals surface area contributed by atoms with Crippen molar-refractivity contribution >= 4 is 35.5 Å². The van der Waals surface area contributed by atoms with Crippen LogP contribution in [0, 0.1) is 23.6 Å². The van der Waals surface area contributed by atoms with Crippen molar-refractivity contribution in [2.24, 2.45) is 45.2 Å². The first-order valence-corrected chi connectivity index (χ1v) is 15.4. The summed E-state index contributed by atoms with van der Waals surface area (Å²) in [5, 5.41) is 3.83. The summed E-state index contributed by atoms with van der Waals surface area (Å²) in [6.45, 7) is 8.54. The van der Waals surface area contributed by atoms with Crippen molar-refractivity contribution < 1.29 is 14.0 Å². The van der Waals surface area contributed by atoms with Crippen LogP contribution in [0.3, 0.4) is 0 Å². The van der Waals surface area contributed by atoms with E-state index in [4.69, 9.17) is 33.0 Å². The number of nitrogens with one attached hydrogen (secondary N) is 1. The van der Waals surface area contributed by atoms with E-state index in [2.05, 4.69) is 47.2 Å². The number of hydrazine groups is 1. The molecule has 43 heavy (non-hydrogen) atoms. The lowest BCUT2D eigenvalue weighted by Crippen LogP contribution is -2.51. The summed E-state index contributed by atoms with van der Waals surface area (Å²) in [5.41, 5.74) is 14.8. The van der Waals surface area contributed by atoms with E-state index in [1.807, 2.05) is 26.0 Å². The van der Waals surface area contributed by atoms with Gasteiger partial charge in [0.25, 0.3) is 5.91 Å². The molecular weight excluding hydrogens is 569 g/mol. The van der Waals surface area contributed by atoms with E-state index in [-0.39, 0.29) is 23.4 Å². The number of nitrogens with two attached hydrogens (primary N) is 3. The summed E-state index contributed by atoms with van der Waals surface area (Å²) in [5.74, 6) is 6.62. The number of amidine groups is 1. The predicted molar refractivity (Wildman–Crippen MR) is 170 cm³/mol. The molecule has 0 saturated heterocycles. The number of aliphatic imine (C=N–C) groups is 1. The van der Waals surface area contributed by atoms with Crippen LogP contribution < -0.4 is 22.8 Å². The number of carbonyl (C=O) groups is 2. The van der Waals surface area contributed by atoms with Crippen molar-refractivity contribution in [2.45, 2.75) is 84.3 Å². The summed E-state index contributed by atoms with van der Waals surface area (Å²) in [6.07, 6.45) is 6.54. The average molecular weight is 614 g/mol. The molecule has 2 fully saturated rings. The SMILES string of the molecule is CC.CC(C)C1CCC2(CC1)N=C(c1ccc(F)c(Cl)c1)C(=O)N2C(c1ccc(C/C(N)=N/NN)cc1)C1CC1.NC=O. The third kappa shape index (κ3) is 7.92. The van der Waals surface area contributed by atoms with Gasteiger partial charge in [0.05, 0.1) is 11.1 Å². The molecule has 0 radical (unpaired) electrons. The van der Waals surface area contributed by atoms with E-state index in [0.717, 1.165) is 49.7 Å². The molecule has 7 N–H and O–H groups in total. The second-order valence-corrected chi connectivity index (χ2v) is 11.8. The fourth-order valence-corrected chi connectivity index (χ4v) is 6.34. The highest BCUT2D eigenvalue weighted by Gasteiger charge is 2.54. The van der Waals surface area contributed by atoms with Crippen LogP contribution >= 0.6 is 11.6 Å². The Balaban J connectivity index is 0.000000953. The van der Waals surface area contributed by atoms with Crippen LogP contribution in [0.25, 0.3) is 0 Å². The zero-order valence-electron chi connectivity index (χ0n) is 25.5. The highest BCUT2D eigenvalue weighted by molar-refractivity contribution is 6.47. The minimum absolute atomic E-state index is 0.00371. The van der Waals surface area contributed by atoms with Crippen molar-refractivity contribution in [3.63, 3.8) is 0 Å². The Labute approximate surface area is 259 Å². The summed E-state index contributed by atoms with van der Waals surface area (Å²) in [4.78, 5) is 30.1. The minimum Gasteiger partial charge on any atom is -0.385 e. The van der Waals surface area contributed by atoms with Crippen LogP contribution in [0.15, 0.2) is 52.6 Å².